The molecule has 0 radical (unpaired) electrons. The highest BCUT2D eigenvalue weighted by Crippen LogP contribution is 2.14. The summed E-state index contributed by atoms with van der Waals surface area (Å²) in [4.78, 5) is 14.1. The second-order valence-electron chi connectivity index (χ2n) is 2.81. The van der Waals surface area contributed by atoms with Gasteiger partial charge >= 0.3 is 0 Å². The van der Waals surface area contributed by atoms with Crippen LogP contribution in [0, 0.1) is 0 Å². The molecule has 1 heterocycles. The van der Waals surface area contributed by atoms with Gasteiger partial charge in [-0.05, 0) is 24.6 Å². The number of allylic oxidation sites excluding steroid dienone is 1. The van der Waals surface area contributed by atoms with Gasteiger partial charge < -0.3 is 4.98 Å². The zero-order valence-corrected chi connectivity index (χ0v) is 11.9. The number of ketones is 1. The number of Topliss-reactive ketones (excluding diaryl/α,β-unsaturated/α-hetero) is 1. The van der Waals surface area contributed by atoms with Gasteiger partial charge in [0.2, 0.25) is 0 Å². The fraction of sp³-hybridized carbons (Fsp3) is 0.400. The Kier molecular flexibility index (Phi) is 11.5. The van der Waals surface area contributed by atoms with Crippen molar-refractivity contribution in [3.63, 3.8) is 0 Å². The van der Waals surface area contributed by atoms with Crippen LogP contribution in [0.4, 0.5) is 0 Å². The summed E-state index contributed by atoms with van der Waals surface area (Å²) in [5, 5.41) is 0. The normalized spacial score (nSPS) is 8.82. The van der Waals surface area contributed by atoms with Crippen LogP contribution in [0.5, 0.6) is 0 Å². The predicted octanol–water partition coefficient (Wildman–Crippen LogP) is 4.95. The molecule has 0 fully saturated rings. The van der Waals surface area contributed by atoms with Gasteiger partial charge in [-0.1, -0.05) is 46.4 Å². The summed E-state index contributed by atoms with van der Waals surface area (Å²) in [6, 6.07) is 1.81. The molecule has 2 heteroatoms. The van der Waals surface area contributed by atoms with Crippen LogP contribution in [-0.2, 0) is 0 Å². The SMILES string of the molecule is C=Cc1cc(C(C)=O)[nH]c1/C=C\C.CC.CC. The first-order valence-corrected chi connectivity index (χ1v) is 6.18. The maximum atomic E-state index is 11.0. The molecule has 0 aromatic carbocycles. The lowest BCUT2D eigenvalue weighted by Crippen LogP contribution is -1.90. The zero-order chi connectivity index (χ0) is 13.8. The van der Waals surface area contributed by atoms with Crippen molar-refractivity contribution in [2.24, 2.45) is 0 Å². The first-order valence-electron chi connectivity index (χ1n) is 6.18. The van der Waals surface area contributed by atoms with Crippen LogP contribution in [0.15, 0.2) is 18.7 Å². The third-order valence-electron chi connectivity index (χ3n) is 1.81. The predicted molar refractivity (Wildman–Crippen MR) is 78.3 cm³/mol. The van der Waals surface area contributed by atoms with Crippen LogP contribution in [0.25, 0.3) is 12.2 Å². The fourth-order valence-electron chi connectivity index (χ4n) is 1.15. The number of rotatable bonds is 3. The Morgan fingerprint density at radius 3 is 2.18 bits per heavy atom. The number of nitrogens with one attached hydrogen (secondary N) is 1. The number of hydrogen-bond donors (Lipinski definition) is 1. The van der Waals surface area contributed by atoms with Crippen LogP contribution in [-0.4, -0.2) is 10.8 Å². The maximum Gasteiger partial charge on any atom is 0.175 e. The van der Waals surface area contributed by atoms with E-state index in [-0.39, 0.29) is 5.78 Å². The van der Waals surface area contributed by atoms with E-state index in [2.05, 4.69) is 11.6 Å². The third kappa shape index (κ3) is 5.91. The van der Waals surface area contributed by atoms with Crippen molar-refractivity contribution in [2.75, 3.05) is 0 Å². The summed E-state index contributed by atoms with van der Waals surface area (Å²) in [5.74, 6) is 0.0406. The van der Waals surface area contributed by atoms with Crippen LogP contribution in [0.3, 0.4) is 0 Å². The van der Waals surface area contributed by atoms with Crippen LogP contribution < -0.4 is 0 Å². The molecule has 1 rings (SSSR count). The number of aromatic nitrogens is 1. The lowest BCUT2D eigenvalue weighted by Gasteiger charge is -1.89. The number of H-pyrrole nitrogens is 1. The Labute approximate surface area is 105 Å². The molecule has 17 heavy (non-hydrogen) atoms. The molecule has 1 aromatic heterocycles. The molecule has 0 aliphatic heterocycles. The summed E-state index contributed by atoms with van der Waals surface area (Å²) in [6.07, 6.45) is 5.57. The first-order chi connectivity index (χ1) is 8.19. The van der Waals surface area contributed by atoms with E-state index in [0.717, 1.165) is 11.3 Å². The van der Waals surface area contributed by atoms with E-state index in [0.29, 0.717) is 5.69 Å². The van der Waals surface area contributed by atoms with Crippen molar-refractivity contribution < 1.29 is 4.79 Å². The van der Waals surface area contributed by atoms with Crippen molar-refractivity contribution in [3.05, 3.63) is 35.7 Å². The fourth-order valence-corrected chi connectivity index (χ4v) is 1.15. The lowest BCUT2D eigenvalue weighted by molar-refractivity contribution is 0.101. The van der Waals surface area contributed by atoms with E-state index >= 15 is 0 Å². The highest BCUT2D eigenvalue weighted by molar-refractivity contribution is 5.93. The standard InChI is InChI=1S/C11H13NO.2C2H6/c1-4-6-10-9(5-2)7-11(12-10)8(3)13;2*1-2/h4-7,12H,2H2,1,3H3;2*1-2H3/b6-4-;;. The van der Waals surface area contributed by atoms with Crippen molar-refractivity contribution in [1.29, 1.82) is 0 Å². The van der Waals surface area contributed by atoms with E-state index in [1.165, 1.54) is 6.92 Å². The summed E-state index contributed by atoms with van der Waals surface area (Å²) in [7, 11) is 0. The van der Waals surface area contributed by atoms with Gasteiger partial charge in [-0.25, -0.2) is 0 Å². The minimum Gasteiger partial charge on any atom is -0.352 e. The molecule has 1 aromatic rings. The molecule has 0 spiro atoms. The molecule has 0 amide bonds. The Morgan fingerprint density at radius 2 is 1.82 bits per heavy atom. The smallest absolute Gasteiger partial charge is 0.175 e. The monoisotopic (exact) mass is 235 g/mol. The average Bonchev–Trinajstić information content (AvgIpc) is 2.78. The second-order valence-corrected chi connectivity index (χ2v) is 2.81. The summed E-state index contributed by atoms with van der Waals surface area (Å²) in [6.45, 7) is 15.2. The highest BCUT2D eigenvalue weighted by atomic mass is 16.1. The summed E-state index contributed by atoms with van der Waals surface area (Å²) >= 11 is 0. The van der Waals surface area contributed by atoms with E-state index in [9.17, 15) is 4.79 Å². The quantitative estimate of drug-likeness (QED) is 0.739. The van der Waals surface area contributed by atoms with Gasteiger partial charge in [-0.15, -0.1) is 0 Å². The largest absolute Gasteiger partial charge is 0.352 e. The van der Waals surface area contributed by atoms with Crippen molar-refractivity contribution in [1.82, 2.24) is 4.98 Å². The Bertz CT molecular complexity index is 359. The van der Waals surface area contributed by atoms with Crippen molar-refractivity contribution in [3.8, 4) is 0 Å². The molecular formula is C15H25NO. The van der Waals surface area contributed by atoms with Gasteiger partial charge in [0.1, 0.15) is 0 Å². The van der Waals surface area contributed by atoms with Gasteiger partial charge in [0, 0.05) is 12.6 Å². The molecule has 96 valence electrons. The van der Waals surface area contributed by atoms with Gasteiger partial charge in [-0.3, -0.25) is 4.79 Å². The molecule has 0 atom stereocenters. The topological polar surface area (TPSA) is 32.9 Å². The van der Waals surface area contributed by atoms with Crippen LogP contribution >= 0.6 is 0 Å². The van der Waals surface area contributed by atoms with Gasteiger partial charge in [0.15, 0.2) is 5.78 Å². The average molecular weight is 235 g/mol. The molecule has 2 nitrogen and oxygen atoms in total. The summed E-state index contributed by atoms with van der Waals surface area (Å²) < 4.78 is 0. The van der Waals surface area contributed by atoms with Gasteiger partial charge in [0.05, 0.1) is 5.69 Å². The number of carbonyl (C=O) groups excluding carboxylic acids is 1. The Balaban J connectivity index is 0. The van der Waals surface area contributed by atoms with E-state index in [1.807, 2.05) is 52.8 Å². The Morgan fingerprint density at radius 1 is 1.29 bits per heavy atom. The van der Waals surface area contributed by atoms with E-state index in [4.69, 9.17) is 0 Å². The molecule has 0 unspecified atom stereocenters. The van der Waals surface area contributed by atoms with Crippen LogP contribution in [0.1, 0.15) is 63.3 Å². The first kappa shape index (κ1) is 17.8. The van der Waals surface area contributed by atoms with Crippen molar-refractivity contribution in [2.45, 2.75) is 41.5 Å². The molecule has 1 N–H and O–H groups in total. The number of aromatic amines is 1. The minimum atomic E-state index is 0.0406. The number of hydrogen-bond acceptors (Lipinski definition) is 1. The van der Waals surface area contributed by atoms with Gasteiger partial charge in [0.25, 0.3) is 0 Å². The molecular weight excluding hydrogens is 210 g/mol. The lowest BCUT2D eigenvalue weighted by atomic mass is 10.2. The Hall–Kier alpha value is -1.57. The van der Waals surface area contributed by atoms with Crippen molar-refractivity contribution >= 4 is 17.9 Å². The van der Waals surface area contributed by atoms with Gasteiger partial charge in [-0.2, -0.15) is 0 Å². The highest BCUT2D eigenvalue weighted by Gasteiger charge is 2.05. The van der Waals surface area contributed by atoms with E-state index in [1.54, 1.807) is 6.08 Å². The summed E-state index contributed by atoms with van der Waals surface area (Å²) in [5.41, 5.74) is 2.52. The molecule has 0 bridgehead atoms. The third-order valence-corrected chi connectivity index (χ3v) is 1.81. The molecule has 0 aliphatic rings. The maximum absolute atomic E-state index is 11.0. The molecule has 0 aliphatic carbocycles. The molecule has 0 saturated heterocycles. The second kappa shape index (κ2) is 10.9. The minimum absolute atomic E-state index is 0.0406. The van der Waals surface area contributed by atoms with E-state index < -0.39 is 0 Å². The zero-order valence-electron chi connectivity index (χ0n) is 11.9. The molecule has 0 saturated carbocycles. The number of carbonyl (C=O) groups is 1. The van der Waals surface area contributed by atoms with Crippen LogP contribution in [0.2, 0.25) is 0 Å².